The maximum atomic E-state index is 14.4. The number of aromatic carboxylic acids is 1. The monoisotopic (exact) mass is 1070 g/mol. The lowest BCUT2D eigenvalue weighted by Crippen LogP contribution is -2.34. The number of esters is 1. The van der Waals surface area contributed by atoms with Crippen molar-refractivity contribution in [2.45, 2.75) is 103 Å². The smallest absolute Gasteiger partial charge is 0.490 e. The summed E-state index contributed by atoms with van der Waals surface area (Å²) in [5, 5.41) is 34.5. The molecule has 0 radical (unpaired) electrons. The number of para-hydroxylation sites is 1. The number of carboxylic acids is 1. The van der Waals surface area contributed by atoms with Crippen LogP contribution in [0.25, 0.3) is 0 Å². The van der Waals surface area contributed by atoms with Gasteiger partial charge in [0.2, 0.25) is 0 Å². The summed E-state index contributed by atoms with van der Waals surface area (Å²) in [4.78, 5) is 53.4. The first-order valence-electron chi connectivity index (χ1n) is 25.6. The fourth-order valence-corrected chi connectivity index (χ4v) is 11.0. The van der Waals surface area contributed by atoms with Gasteiger partial charge in [-0.1, -0.05) is 135 Å². The molecule has 1 heterocycles. The van der Waals surface area contributed by atoms with Crippen molar-refractivity contribution in [1.82, 2.24) is 4.90 Å². The third-order valence-corrected chi connectivity index (χ3v) is 15.4. The lowest BCUT2D eigenvalue weighted by Gasteiger charge is -2.37. The number of aryl methyl sites for hydroxylation is 1. The summed E-state index contributed by atoms with van der Waals surface area (Å²) in [5.74, 6) is -1.33. The van der Waals surface area contributed by atoms with E-state index in [-0.39, 0.29) is 85.6 Å². The first kappa shape index (κ1) is 58.2. The molecule has 0 bridgehead atoms. The van der Waals surface area contributed by atoms with Crippen LogP contribution in [-0.4, -0.2) is 100 Å². The van der Waals surface area contributed by atoms with Gasteiger partial charge >= 0.3 is 18.1 Å². The molecular weight excluding hydrogens is 996 g/mol. The van der Waals surface area contributed by atoms with Crippen LogP contribution in [0.2, 0.25) is 0 Å². The van der Waals surface area contributed by atoms with Crippen molar-refractivity contribution in [3.05, 3.63) is 167 Å². The zero-order valence-electron chi connectivity index (χ0n) is 43.4. The molecule has 6 atom stereocenters. The number of aliphatic hydroxyl groups excluding tert-OH is 2. The van der Waals surface area contributed by atoms with Gasteiger partial charge in [0, 0.05) is 40.9 Å². The van der Waals surface area contributed by atoms with Crippen LogP contribution in [0.5, 0.6) is 5.75 Å². The molecule has 0 fully saturated rings. The van der Waals surface area contributed by atoms with Crippen LogP contribution >= 0.6 is 21.6 Å². The summed E-state index contributed by atoms with van der Waals surface area (Å²) in [7, 11) is 2.85. The Morgan fingerprint density at radius 1 is 0.827 bits per heavy atom. The molecule has 4 unspecified atom stereocenters. The van der Waals surface area contributed by atoms with E-state index in [4.69, 9.17) is 18.9 Å². The van der Waals surface area contributed by atoms with E-state index in [0.717, 1.165) is 16.8 Å². The van der Waals surface area contributed by atoms with Crippen LogP contribution in [0.1, 0.15) is 99.8 Å². The van der Waals surface area contributed by atoms with E-state index < -0.39 is 36.4 Å². The Hall–Kier alpha value is -6.07. The number of carboxylic acid groups (broad SMARTS) is 1. The number of allylic oxidation sites excluding steroid dienone is 5. The van der Waals surface area contributed by atoms with Gasteiger partial charge in [0.15, 0.2) is 0 Å². The van der Waals surface area contributed by atoms with Crippen molar-refractivity contribution in [2.24, 2.45) is 17.8 Å². The fourth-order valence-electron chi connectivity index (χ4n) is 9.33. The number of carbonyl (C=O) groups excluding carboxylic acids is 3. The third kappa shape index (κ3) is 18.0. The molecule has 1 aliphatic carbocycles. The van der Waals surface area contributed by atoms with Crippen LogP contribution < -0.4 is 10.1 Å². The second kappa shape index (κ2) is 28.7. The van der Waals surface area contributed by atoms with Gasteiger partial charge < -0.3 is 44.5 Å². The molecule has 402 valence electrons. The third-order valence-electron chi connectivity index (χ3n) is 13.0. The Balaban J connectivity index is 0.935. The second-order valence-electron chi connectivity index (χ2n) is 20.1. The summed E-state index contributed by atoms with van der Waals surface area (Å²) in [6.45, 7) is 11.1. The lowest BCUT2D eigenvalue weighted by molar-refractivity contribution is -0.145. The number of hydrogen-bond donors (Lipinski definition) is 4. The van der Waals surface area contributed by atoms with Crippen LogP contribution in [0.4, 0.5) is 14.9 Å². The Kier molecular flexibility index (Phi) is 22.3. The Labute approximate surface area is 448 Å². The highest BCUT2D eigenvalue weighted by molar-refractivity contribution is 8.76. The number of benzene rings is 4. The molecule has 0 aromatic heterocycles. The van der Waals surface area contributed by atoms with Gasteiger partial charge in [0.05, 0.1) is 30.2 Å². The molecule has 4 aromatic rings. The van der Waals surface area contributed by atoms with E-state index >= 15 is 0 Å². The van der Waals surface area contributed by atoms with Crippen molar-refractivity contribution >= 4 is 51.3 Å². The normalized spacial score (nSPS) is 17.6. The van der Waals surface area contributed by atoms with Gasteiger partial charge in [-0.25, -0.2) is 14.0 Å². The second-order valence-corrected chi connectivity index (χ2v) is 22.8. The van der Waals surface area contributed by atoms with E-state index in [1.165, 1.54) is 51.4 Å². The highest BCUT2D eigenvalue weighted by Crippen LogP contribution is 2.51. The molecule has 1 amide bonds. The zero-order valence-corrected chi connectivity index (χ0v) is 45.0. The highest BCUT2D eigenvalue weighted by atomic mass is 33.1. The number of rotatable bonds is 27. The molecule has 1 aliphatic heterocycles. The number of hydrogen-bond acceptors (Lipinski definition) is 13. The number of nitrogens with zero attached hydrogens (tertiary/aromatic N) is 1. The van der Waals surface area contributed by atoms with Crippen LogP contribution in [0.15, 0.2) is 139 Å². The van der Waals surface area contributed by atoms with Gasteiger partial charge in [-0.05, 0) is 115 Å². The van der Waals surface area contributed by atoms with E-state index in [2.05, 4.69) is 67.4 Å². The molecule has 4 N–H and O–H groups in total. The Morgan fingerprint density at radius 2 is 1.51 bits per heavy atom. The van der Waals surface area contributed by atoms with Crippen molar-refractivity contribution in [3.63, 3.8) is 0 Å². The van der Waals surface area contributed by atoms with Gasteiger partial charge in [-0.15, -0.1) is 0 Å². The predicted octanol–water partition coefficient (Wildman–Crippen LogP) is 11.5. The molecule has 0 saturated heterocycles. The number of aliphatic hydroxyl groups is 2. The number of halogens is 1. The van der Waals surface area contributed by atoms with Gasteiger partial charge in [0.25, 0.3) is 5.91 Å². The summed E-state index contributed by atoms with van der Waals surface area (Å²) < 4.78 is 36.6. The fraction of sp³-hybridized carbons (Fsp3) is 0.424. The average molecular weight is 1070 g/mol. The first-order valence-corrected chi connectivity index (χ1v) is 28.1. The minimum Gasteiger partial charge on any atom is -0.490 e. The number of anilines is 1. The minimum absolute atomic E-state index is 0.0170. The van der Waals surface area contributed by atoms with Crippen LogP contribution in [-0.2, 0) is 35.6 Å². The maximum absolute atomic E-state index is 14.4. The van der Waals surface area contributed by atoms with E-state index in [9.17, 15) is 38.9 Å². The van der Waals surface area contributed by atoms with Crippen LogP contribution in [0.3, 0.4) is 0 Å². The van der Waals surface area contributed by atoms with E-state index in [0.29, 0.717) is 54.3 Å². The van der Waals surface area contributed by atoms with E-state index in [1.807, 2.05) is 56.3 Å². The number of nitrogens with one attached hydrogen (secondary N) is 1. The molecule has 16 heteroatoms. The summed E-state index contributed by atoms with van der Waals surface area (Å²) in [6, 6.07) is 29.6. The molecule has 0 spiro atoms. The quantitative estimate of drug-likeness (QED) is 0.0251. The molecule has 2 aliphatic rings. The largest absolute Gasteiger partial charge is 0.508 e. The maximum Gasteiger partial charge on any atom is 0.508 e. The van der Waals surface area contributed by atoms with Gasteiger partial charge in [0.1, 0.15) is 37.5 Å². The molecule has 6 rings (SSSR count). The van der Waals surface area contributed by atoms with Crippen molar-refractivity contribution in [2.75, 3.05) is 43.2 Å². The molecule has 4 aromatic carbocycles. The molecular formula is C59H71FN2O11S2. The van der Waals surface area contributed by atoms with Crippen molar-refractivity contribution in [1.29, 1.82) is 0 Å². The molecule has 75 heavy (non-hydrogen) atoms. The number of amides is 1. The summed E-state index contributed by atoms with van der Waals surface area (Å²) in [5.41, 5.74) is 5.44. The minimum atomic E-state index is -1.16. The number of ether oxygens (including phenoxy) is 4. The van der Waals surface area contributed by atoms with Crippen LogP contribution in [0, 0.1) is 23.6 Å². The predicted molar refractivity (Wildman–Crippen MR) is 293 cm³/mol. The lowest BCUT2D eigenvalue weighted by atomic mass is 9.76. The number of carbonyl (C=O) groups is 4. The van der Waals surface area contributed by atoms with Crippen molar-refractivity contribution in [3.8, 4) is 5.75 Å². The van der Waals surface area contributed by atoms with Gasteiger partial charge in [-0.3, -0.25) is 9.59 Å². The Morgan fingerprint density at radius 3 is 2.13 bits per heavy atom. The highest BCUT2D eigenvalue weighted by Gasteiger charge is 2.47. The molecule has 0 saturated carbocycles. The summed E-state index contributed by atoms with van der Waals surface area (Å²) in [6.07, 6.45) is 6.22. The average Bonchev–Trinajstić information content (AvgIpc) is 3.74. The zero-order chi connectivity index (χ0) is 53.9. The van der Waals surface area contributed by atoms with E-state index in [1.54, 1.807) is 24.3 Å². The standard InChI is InChI=1S/C59H71FN2O11S2/c1-39(2)54-53(56(66)61-46-14-10-7-11-15-46)52(41-12-8-6-9-13-41)55(42-19-25-45(60)26-20-42)62(54)31-30-47(63)36-48(64)37-51(65)70-32-34-74-75-35-33-71-58(69)73-50(38-72-49-28-21-43(22-29-49)57(67)68)27-18-40-16-23-44(24-17-40)59(3,4)5/h6-12,14-17,19-26,28-29,39,41,47-48,50,52,55,63-64H,13,18,27,30-38H2,1-5H3,(H,61,66)(H,67,68)/t41?,47-,48-,50?,52?,55?/m1/s1. The van der Waals surface area contributed by atoms with Gasteiger partial charge in [-0.2, -0.15) is 0 Å². The SMILES string of the molecule is CC(C)C1=C(C(=O)Nc2ccccc2)C(C2C=CC=CC2)C(c2ccc(F)cc2)N1CC[C@@H](O)C[C@@H](O)CC(=O)OCCSSCCOC(=O)OC(CCc1ccc(C(C)(C)C)cc1)COc1ccc(C(=O)O)cc1. The first-order chi connectivity index (χ1) is 36.0. The summed E-state index contributed by atoms with van der Waals surface area (Å²) >= 11 is 0. The van der Waals surface area contributed by atoms with Crippen molar-refractivity contribution < 1.29 is 57.8 Å². The molecule has 13 nitrogen and oxygen atoms in total. The Bertz CT molecular complexity index is 2570. The topological polar surface area (TPSA) is 181 Å².